The molecule has 6 heteroatoms. The van der Waals surface area contributed by atoms with E-state index in [4.69, 9.17) is 33.0 Å². The molecule has 1 aliphatic carbocycles. The van der Waals surface area contributed by atoms with Gasteiger partial charge in [0.15, 0.2) is 0 Å². The van der Waals surface area contributed by atoms with Gasteiger partial charge in [-0.1, -0.05) is 76.4 Å². The zero-order valence-corrected chi connectivity index (χ0v) is 22.5. The van der Waals surface area contributed by atoms with Crippen LogP contribution in [-0.4, -0.2) is 17.7 Å². The van der Waals surface area contributed by atoms with E-state index < -0.39 is 5.97 Å². The zero-order valence-electron chi connectivity index (χ0n) is 20.2. The van der Waals surface area contributed by atoms with E-state index in [1.54, 1.807) is 24.3 Å². The molecular formula is C26H38Cl2O3S. The molecule has 3 rings (SSSR count). The number of carbonyl (C=O) groups is 1. The van der Waals surface area contributed by atoms with E-state index in [1.165, 1.54) is 16.9 Å². The summed E-state index contributed by atoms with van der Waals surface area (Å²) in [5.74, 6) is 0.275. The summed E-state index contributed by atoms with van der Waals surface area (Å²) in [5.41, 5.74) is 1.44. The van der Waals surface area contributed by atoms with Crippen molar-refractivity contribution in [2.45, 2.75) is 73.6 Å². The molecule has 1 aliphatic rings. The maximum atomic E-state index is 10.9. The second kappa shape index (κ2) is 18.0. The maximum Gasteiger partial charge on any atom is 0.345 e. The van der Waals surface area contributed by atoms with E-state index in [0.717, 1.165) is 37.0 Å². The molecule has 0 saturated carbocycles. The van der Waals surface area contributed by atoms with Crippen LogP contribution in [0.1, 0.15) is 81.8 Å². The zero-order chi connectivity index (χ0) is 24.5. The van der Waals surface area contributed by atoms with E-state index in [1.807, 2.05) is 47.6 Å². The predicted molar refractivity (Wildman–Crippen MR) is 141 cm³/mol. The van der Waals surface area contributed by atoms with E-state index in [2.05, 4.69) is 6.08 Å². The molecule has 0 fully saturated rings. The summed E-state index contributed by atoms with van der Waals surface area (Å²) in [6.07, 6.45) is 7.45. The molecule has 0 spiro atoms. The van der Waals surface area contributed by atoms with Gasteiger partial charge in [-0.2, -0.15) is 0 Å². The first-order valence-electron chi connectivity index (χ1n) is 11.6. The van der Waals surface area contributed by atoms with Crippen LogP contribution >= 0.6 is 34.5 Å². The van der Waals surface area contributed by atoms with E-state index in [0.29, 0.717) is 33.2 Å². The molecule has 0 bridgehead atoms. The van der Waals surface area contributed by atoms with Crippen molar-refractivity contribution in [3.8, 4) is 5.75 Å². The topological polar surface area (TPSA) is 46.5 Å². The lowest BCUT2D eigenvalue weighted by Crippen LogP contribution is -2.12. The van der Waals surface area contributed by atoms with Gasteiger partial charge in [0, 0.05) is 20.8 Å². The summed E-state index contributed by atoms with van der Waals surface area (Å²) >= 11 is 13.4. The normalized spacial score (nSPS) is 14.0. The van der Waals surface area contributed by atoms with Crippen molar-refractivity contribution in [1.82, 2.24) is 0 Å². The molecule has 3 nitrogen and oxygen atoms in total. The number of carboxylic acids is 1. The lowest BCUT2D eigenvalue weighted by Gasteiger charge is -2.16. The number of halogens is 2. The quantitative estimate of drug-likeness (QED) is 0.366. The van der Waals surface area contributed by atoms with Crippen LogP contribution in [-0.2, 0) is 6.42 Å². The highest BCUT2D eigenvalue weighted by Crippen LogP contribution is 2.32. The third kappa shape index (κ3) is 10.9. The Labute approximate surface area is 208 Å². The smallest absolute Gasteiger partial charge is 0.345 e. The average Bonchev–Trinajstić information content (AvgIpc) is 3.46. The van der Waals surface area contributed by atoms with Crippen molar-refractivity contribution in [3.63, 3.8) is 0 Å². The van der Waals surface area contributed by atoms with Crippen LogP contribution in [0.3, 0.4) is 0 Å². The predicted octanol–water partition coefficient (Wildman–Crippen LogP) is 9.57. The fourth-order valence-corrected chi connectivity index (χ4v) is 4.62. The number of carboxylic acid groups (broad SMARTS) is 1. The Morgan fingerprint density at radius 3 is 2.22 bits per heavy atom. The van der Waals surface area contributed by atoms with Crippen molar-refractivity contribution >= 4 is 40.5 Å². The number of aryl methyl sites for hydroxylation is 1. The second-order valence-electron chi connectivity index (χ2n) is 6.39. The SMILES string of the molecule is CC.CC.CC.O=C(O)c1ccc(CCCC2=CCCC2COc2cc(Cl)cc(Cl)c2)s1. The Bertz CT molecular complexity index is 795. The van der Waals surface area contributed by atoms with Gasteiger partial charge in [0.1, 0.15) is 10.6 Å². The molecule has 1 unspecified atom stereocenters. The van der Waals surface area contributed by atoms with Gasteiger partial charge in [-0.05, 0) is 62.4 Å². The van der Waals surface area contributed by atoms with E-state index >= 15 is 0 Å². The first kappa shape index (κ1) is 30.5. The summed E-state index contributed by atoms with van der Waals surface area (Å²) in [4.78, 5) is 12.5. The van der Waals surface area contributed by atoms with Gasteiger partial charge in [-0.3, -0.25) is 0 Å². The molecule has 1 heterocycles. The second-order valence-corrected chi connectivity index (χ2v) is 8.44. The first-order chi connectivity index (χ1) is 15.5. The lowest BCUT2D eigenvalue weighted by atomic mass is 9.97. The number of aromatic carboxylic acids is 1. The van der Waals surface area contributed by atoms with Crippen molar-refractivity contribution in [3.05, 3.63) is 61.8 Å². The number of benzene rings is 1. The van der Waals surface area contributed by atoms with Gasteiger partial charge < -0.3 is 9.84 Å². The third-order valence-corrected chi connectivity index (χ3v) is 6.06. The Morgan fingerprint density at radius 2 is 1.66 bits per heavy atom. The standard InChI is InChI=1S/C20H20Cl2O3S.3C2H6/c21-15-9-16(22)11-17(10-15)25-12-14-5-1-3-13(14)4-2-6-18-7-8-19(26-18)20(23)24;3*1-2/h3,7-11,14H,1-2,4-6,12H2,(H,23,24);3*1-2H3. The van der Waals surface area contributed by atoms with Crippen LogP contribution in [0.4, 0.5) is 0 Å². The van der Waals surface area contributed by atoms with Gasteiger partial charge in [0.05, 0.1) is 6.61 Å². The monoisotopic (exact) mass is 500 g/mol. The molecular weight excluding hydrogens is 463 g/mol. The molecule has 2 aromatic rings. The average molecular weight is 502 g/mol. The molecule has 0 amide bonds. The van der Waals surface area contributed by atoms with Crippen LogP contribution in [0.5, 0.6) is 5.75 Å². The summed E-state index contributed by atoms with van der Waals surface area (Å²) in [6.45, 7) is 12.6. The Balaban J connectivity index is 0.00000148. The largest absolute Gasteiger partial charge is 0.493 e. The molecule has 0 aliphatic heterocycles. The number of hydrogen-bond acceptors (Lipinski definition) is 3. The van der Waals surface area contributed by atoms with E-state index in [-0.39, 0.29) is 0 Å². The van der Waals surface area contributed by atoms with Crippen LogP contribution in [0.15, 0.2) is 42.0 Å². The minimum absolute atomic E-state index is 0.409. The van der Waals surface area contributed by atoms with Crippen LogP contribution in [0.25, 0.3) is 0 Å². The number of allylic oxidation sites excluding steroid dienone is 1. The number of rotatable bonds is 8. The fraction of sp³-hybridized carbons (Fsp3) is 0.500. The van der Waals surface area contributed by atoms with Crippen molar-refractivity contribution in [2.75, 3.05) is 6.61 Å². The van der Waals surface area contributed by atoms with Crippen molar-refractivity contribution in [1.29, 1.82) is 0 Å². The molecule has 1 aromatic heterocycles. The van der Waals surface area contributed by atoms with Gasteiger partial charge in [0.25, 0.3) is 0 Å². The van der Waals surface area contributed by atoms with Crippen LogP contribution < -0.4 is 4.74 Å². The highest BCUT2D eigenvalue weighted by Gasteiger charge is 2.20. The molecule has 0 radical (unpaired) electrons. The highest BCUT2D eigenvalue weighted by atomic mass is 35.5. The summed E-state index contributed by atoms with van der Waals surface area (Å²) in [6, 6.07) is 8.85. The van der Waals surface area contributed by atoms with Gasteiger partial charge in [-0.25, -0.2) is 4.79 Å². The van der Waals surface area contributed by atoms with Gasteiger partial charge in [-0.15, -0.1) is 11.3 Å². The molecule has 0 saturated heterocycles. The Kier molecular flexibility index (Phi) is 17.2. The van der Waals surface area contributed by atoms with Crippen LogP contribution in [0, 0.1) is 5.92 Å². The maximum absolute atomic E-state index is 10.9. The van der Waals surface area contributed by atoms with E-state index in [9.17, 15) is 4.79 Å². The lowest BCUT2D eigenvalue weighted by molar-refractivity contribution is 0.0702. The Hall–Kier alpha value is -1.49. The van der Waals surface area contributed by atoms with Crippen molar-refractivity contribution < 1.29 is 14.6 Å². The summed E-state index contributed by atoms with van der Waals surface area (Å²) in [7, 11) is 0. The minimum Gasteiger partial charge on any atom is -0.493 e. The third-order valence-electron chi connectivity index (χ3n) is 4.49. The molecule has 1 aromatic carbocycles. The first-order valence-corrected chi connectivity index (χ1v) is 13.2. The molecule has 32 heavy (non-hydrogen) atoms. The minimum atomic E-state index is -0.849. The summed E-state index contributed by atoms with van der Waals surface area (Å²) in [5, 5.41) is 10.1. The molecule has 1 N–H and O–H groups in total. The van der Waals surface area contributed by atoms with Crippen molar-refractivity contribution in [2.24, 2.45) is 5.92 Å². The number of thiophene rings is 1. The fourth-order valence-electron chi connectivity index (χ4n) is 3.22. The van der Waals surface area contributed by atoms with Gasteiger partial charge in [0.2, 0.25) is 0 Å². The highest BCUT2D eigenvalue weighted by molar-refractivity contribution is 7.13. The summed E-state index contributed by atoms with van der Waals surface area (Å²) < 4.78 is 5.90. The van der Waals surface area contributed by atoms with Gasteiger partial charge >= 0.3 is 5.97 Å². The number of hydrogen-bond donors (Lipinski definition) is 1. The Morgan fingerprint density at radius 1 is 1.03 bits per heavy atom. The van der Waals surface area contributed by atoms with Crippen LogP contribution in [0.2, 0.25) is 10.0 Å². The molecule has 1 atom stereocenters. The molecule has 180 valence electrons. The number of ether oxygens (including phenoxy) is 1.